The minimum Gasteiger partial charge on any atom is -0.497 e. The summed E-state index contributed by atoms with van der Waals surface area (Å²) in [5.74, 6) is 0.759. The Morgan fingerprint density at radius 1 is 1.41 bits per heavy atom. The van der Waals surface area contributed by atoms with E-state index in [-0.39, 0.29) is 0 Å². The van der Waals surface area contributed by atoms with Crippen LogP contribution in [0.25, 0.3) is 0 Å². The molecule has 0 heterocycles. The fourth-order valence-electron chi connectivity index (χ4n) is 1.28. The summed E-state index contributed by atoms with van der Waals surface area (Å²) < 4.78 is 4.36. The molecule has 1 unspecified atom stereocenters. The number of thioether (sulfide) groups is 1. The van der Waals surface area contributed by atoms with Crippen LogP contribution in [0.2, 0.25) is 0 Å². The number of carboxylic acids is 1. The van der Waals surface area contributed by atoms with Crippen molar-refractivity contribution in [3.63, 3.8) is 0 Å². The highest BCUT2D eigenvalue weighted by atomic mass is 32.2. The number of hydrogen-bond acceptors (Lipinski definition) is 3. The molecule has 0 aliphatic carbocycles. The van der Waals surface area contributed by atoms with Crippen molar-refractivity contribution in [2.75, 3.05) is 7.11 Å². The molecule has 0 aliphatic rings. The van der Waals surface area contributed by atoms with Gasteiger partial charge in [0.25, 0.3) is 0 Å². The van der Waals surface area contributed by atoms with Crippen molar-refractivity contribution in [2.45, 2.75) is 30.8 Å². The van der Waals surface area contributed by atoms with E-state index in [2.05, 4.69) is 0 Å². The van der Waals surface area contributed by atoms with Crippen molar-refractivity contribution in [1.29, 1.82) is 0 Å². The number of ether oxygens (including phenoxy) is 1. The lowest BCUT2D eigenvalue weighted by atomic mass is 10.1. The van der Waals surface area contributed by atoms with Crippen LogP contribution >= 0.6 is 11.8 Å². The highest BCUT2D eigenvalue weighted by molar-refractivity contribution is 8.00. The predicted octanol–water partition coefficient (Wildman–Crippen LogP) is 3.18. The number of rotatable bonds is 6. The molecule has 0 fully saturated rings. The Kier molecular flexibility index (Phi) is 4.87. The molecule has 1 rings (SSSR count). The van der Waals surface area contributed by atoms with E-state index in [1.807, 2.05) is 31.2 Å². The van der Waals surface area contributed by atoms with Gasteiger partial charge in [-0.05, 0) is 31.0 Å². The summed E-state index contributed by atoms with van der Waals surface area (Å²) >= 11 is 1.46. The zero-order valence-corrected chi connectivity index (χ0v) is 11.2. The molecule has 0 spiro atoms. The highest BCUT2D eigenvalue weighted by Crippen LogP contribution is 2.32. The zero-order valence-electron chi connectivity index (χ0n) is 10.4. The highest BCUT2D eigenvalue weighted by Gasteiger charge is 2.31. The predicted molar refractivity (Wildman–Crippen MR) is 70.6 cm³/mol. The van der Waals surface area contributed by atoms with Crippen LogP contribution in [0.15, 0.2) is 24.3 Å². The maximum Gasteiger partial charge on any atom is 0.319 e. The van der Waals surface area contributed by atoms with Crippen LogP contribution in [-0.2, 0) is 10.5 Å². The van der Waals surface area contributed by atoms with Crippen molar-refractivity contribution >= 4 is 17.7 Å². The van der Waals surface area contributed by atoms with Crippen LogP contribution in [0.4, 0.5) is 0 Å². The number of aliphatic carboxylic acids is 1. The molecule has 3 nitrogen and oxygen atoms in total. The number of benzene rings is 1. The maximum absolute atomic E-state index is 11.1. The Morgan fingerprint density at radius 2 is 2.00 bits per heavy atom. The van der Waals surface area contributed by atoms with Crippen molar-refractivity contribution in [3.05, 3.63) is 29.8 Å². The zero-order chi connectivity index (χ0) is 12.9. The van der Waals surface area contributed by atoms with Crippen LogP contribution < -0.4 is 4.74 Å². The van der Waals surface area contributed by atoms with Gasteiger partial charge in [0.2, 0.25) is 0 Å². The maximum atomic E-state index is 11.1. The Balaban J connectivity index is 2.63. The topological polar surface area (TPSA) is 46.5 Å². The second kappa shape index (κ2) is 5.96. The van der Waals surface area contributed by atoms with Gasteiger partial charge in [0.05, 0.1) is 7.11 Å². The Bertz CT molecular complexity index is 375. The van der Waals surface area contributed by atoms with E-state index < -0.39 is 10.7 Å². The molecule has 94 valence electrons. The van der Waals surface area contributed by atoms with Gasteiger partial charge in [-0.25, -0.2) is 0 Å². The number of hydrogen-bond donors (Lipinski definition) is 1. The van der Waals surface area contributed by atoms with E-state index in [0.29, 0.717) is 12.2 Å². The second-order valence-corrected chi connectivity index (χ2v) is 5.50. The molecule has 1 aromatic rings. The molecule has 0 aliphatic heterocycles. The number of methoxy groups -OCH3 is 1. The lowest BCUT2D eigenvalue weighted by Crippen LogP contribution is -2.30. The van der Waals surface area contributed by atoms with Gasteiger partial charge in [-0.15, -0.1) is 11.8 Å². The normalized spacial score (nSPS) is 14.1. The number of carboxylic acid groups (broad SMARTS) is 1. The molecular formula is C13H18O3S. The molecule has 1 N–H and O–H groups in total. The third-order valence-electron chi connectivity index (χ3n) is 2.84. The van der Waals surface area contributed by atoms with Gasteiger partial charge >= 0.3 is 5.97 Å². The standard InChI is InChI=1S/C13H18O3S/c1-4-13(2,12(14)15)17-9-10-5-7-11(16-3)8-6-10/h5-8H,4,9H2,1-3H3,(H,14,15). The average Bonchev–Trinajstić information content (AvgIpc) is 2.36. The van der Waals surface area contributed by atoms with Crippen LogP contribution in [0.3, 0.4) is 0 Å². The third kappa shape index (κ3) is 3.66. The van der Waals surface area contributed by atoms with E-state index in [0.717, 1.165) is 11.3 Å². The molecule has 17 heavy (non-hydrogen) atoms. The first-order chi connectivity index (χ1) is 8.01. The van der Waals surface area contributed by atoms with Gasteiger partial charge in [-0.3, -0.25) is 4.79 Å². The molecule has 1 atom stereocenters. The van der Waals surface area contributed by atoms with Crippen LogP contribution in [-0.4, -0.2) is 22.9 Å². The Morgan fingerprint density at radius 3 is 2.41 bits per heavy atom. The van der Waals surface area contributed by atoms with Gasteiger partial charge in [-0.2, -0.15) is 0 Å². The Labute approximate surface area is 106 Å². The summed E-state index contributed by atoms with van der Waals surface area (Å²) in [7, 11) is 1.63. The molecule has 0 bridgehead atoms. The molecular weight excluding hydrogens is 236 g/mol. The fourth-order valence-corrected chi connectivity index (χ4v) is 2.28. The first-order valence-corrected chi connectivity index (χ1v) is 6.50. The summed E-state index contributed by atoms with van der Waals surface area (Å²) in [6.07, 6.45) is 0.614. The molecule has 0 radical (unpaired) electrons. The van der Waals surface area contributed by atoms with Gasteiger partial charge in [0, 0.05) is 5.75 Å². The summed E-state index contributed by atoms with van der Waals surface area (Å²) in [4.78, 5) is 11.1. The first kappa shape index (κ1) is 13.9. The molecule has 0 aromatic heterocycles. The van der Waals surface area contributed by atoms with E-state index in [1.54, 1.807) is 14.0 Å². The van der Waals surface area contributed by atoms with E-state index in [1.165, 1.54) is 11.8 Å². The molecule has 0 amide bonds. The molecule has 0 saturated carbocycles. The Hall–Kier alpha value is -1.16. The largest absolute Gasteiger partial charge is 0.497 e. The van der Waals surface area contributed by atoms with Crippen LogP contribution in [0.5, 0.6) is 5.75 Å². The summed E-state index contributed by atoms with van der Waals surface area (Å²) in [5.41, 5.74) is 1.11. The van der Waals surface area contributed by atoms with Gasteiger partial charge in [0.15, 0.2) is 0 Å². The molecule has 0 saturated heterocycles. The summed E-state index contributed by atoms with van der Waals surface area (Å²) in [6.45, 7) is 3.67. The monoisotopic (exact) mass is 254 g/mol. The van der Waals surface area contributed by atoms with Crippen LogP contribution in [0.1, 0.15) is 25.8 Å². The van der Waals surface area contributed by atoms with E-state index >= 15 is 0 Å². The smallest absolute Gasteiger partial charge is 0.319 e. The first-order valence-electron chi connectivity index (χ1n) is 5.52. The molecule has 4 heteroatoms. The van der Waals surface area contributed by atoms with E-state index in [9.17, 15) is 4.79 Å². The average molecular weight is 254 g/mol. The van der Waals surface area contributed by atoms with Crippen molar-refractivity contribution < 1.29 is 14.6 Å². The lowest BCUT2D eigenvalue weighted by Gasteiger charge is -2.22. The quantitative estimate of drug-likeness (QED) is 0.847. The second-order valence-electron chi connectivity index (χ2n) is 4.03. The van der Waals surface area contributed by atoms with Gasteiger partial charge in [0.1, 0.15) is 10.5 Å². The van der Waals surface area contributed by atoms with Gasteiger partial charge < -0.3 is 9.84 Å². The lowest BCUT2D eigenvalue weighted by molar-refractivity contribution is -0.139. The van der Waals surface area contributed by atoms with Crippen molar-refractivity contribution in [1.82, 2.24) is 0 Å². The fraction of sp³-hybridized carbons (Fsp3) is 0.462. The minimum atomic E-state index is -0.751. The third-order valence-corrected chi connectivity index (χ3v) is 4.42. The molecule has 1 aromatic carbocycles. The van der Waals surface area contributed by atoms with Gasteiger partial charge in [-0.1, -0.05) is 19.1 Å². The van der Waals surface area contributed by atoms with Crippen LogP contribution in [0, 0.1) is 0 Å². The SMILES string of the molecule is CCC(C)(SCc1ccc(OC)cc1)C(=O)O. The van der Waals surface area contributed by atoms with E-state index in [4.69, 9.17) is 9.84 Å². The summed E-state index contributed by atoms with van der Waals surface area (Å²) in [5, 5.41) is 9.15. The summed E-state index contributed by atoms with van der Waals surface area (Å²) in [6, 6.07) is 7.70. The number of carbonyl (C=O) groups is 1. The van der Waals surface area contributed by atoms with Crippen molar-refractivity contribution in [3.8, 4) is 5.75 Å². The van der Waals surface area contributed by atoms with Crippen molar-refractivity contribution in [2.24, 2.45) is 0 Å². The minimum absolute atomic E-state index is 0.614.